The van der Waals surface area contributed by atoms with Crippen LogP contribution in [-0.2, 0) is 20.9 Å². The van der Waals surface area contributed by atoms with Crippen LogP contribution in [0.15, 0.2) is 101 Å². The number of ketones is 1. The van der Waals surface area contributed by atoms with Gasteiger partial charge in [0.05, 0.1) is 0 Å². The van der Waals surface area contributed by atoms with Crippen LogP contribution in [0, 0.1) is 5.92 Å². The van der Waals surface area contributed by atoms with Crippen molar-refractivity contribution in [3.8, 4) is 5.75 Å². The van der Waals surface area contributed by atoms with Crippen molar-refractivity contribution in [2.24, 2.45) is 10.9 Å². The van der Waals surface area contributed by atoms with Gasteiger partial charge >= 0.3 is 5.97 Å². The predicted molar refractivity (Wildman–Crippen MR) is 155 cm³/mol. The summed E-state index contributed by atoms with van der Waals surface area (Å²) in [6.45, 7) is 2.38. The summed E-state index contributed by atoms with van der Waals surface area (Å²) >= 11 is 0. The molecule has 0 amide bonds. The fourth-order valence-corrected chi connectivity index (χ4v) is 6.44. The fourth-order valence-electron chi connectivity index (χ4n) is 6.44. The van der Waals surface area contributed by atoms with Crippen molar-refractivity contribution in [3.63, 3.8) is 0 Å². The third kappa shape index (κ3) is 5.51. The summed E-state index contributed by atoms with van der Waals surface area (Å²) < 4.78 is 12.0. The van der Waals surface area contributed by atoms with Gasteiger partial charge in [0.2, 0.25) is 0 Å². The fraction of sp³-hybridized carbons (Fsp3) is 0.343. The van der Waals surface area contributed by atoms with E-state index in [0.29, 0.717) is 25.0 Å². The van der Waals surface area contributed by atoms with Crippen molar-refractivity contribution < 1.29 is 19.1 Å². The number of rotatable bonds is 7. The molecule has 0 aromatic heterocycles. The third-order valence-electron chi connectivity index (χ3n) is 8.49. The van der Waals surface area contributed by atoms with Crippen molar-refractivity contribution in [2.45, 2.75) is 70.0 Å². The summed E-state index contributed by atoms with van der Waals surface area (Å²) in [5.74, 6) is -0.416. The van der Waals surface area contributed by atoms with Crippen molar-refractivity contribution >= 4 is 17.5 Å². The number of carbonyl (C=O) groups is 2. The lowest BCUT2D eigenvalue weighted by Gasteiger charge is -2.37. The number of aliphatic imine (C=N–C) groups is 1. The minimum Gasteiger partial charge on any atom is -0.489 e. The van der Waals surface area contributed by atoms with Gasteiger partial charge in [-0.1, -0.05) is 72.8 Å². The van der Waals surface area contributed by atoms with Gasteiger partial charge in [0.15, 0.2) is 5.78 Å². The molecule has 1 fully saturated rings. The number of hydrogen-bond acceptors (Lipinski definition) is 5. The topological polar surface area (TPSA) is 65.0 Å². The van der Waals surface area contributed by atoms with Crippen molar-refractivity contribution in [1.82, 2.24) is 0 Å². The molecule has 1 aliphatic heterocycles. The van der Waals surface area contributed by atoms with E-state index in [1.54, 1.807) is 0 Å². The zero-order valence-corrected chi connectivity index (χ0v) is 22.9. The molecule has 1 heterocycles. The van der Waals surface area contributed by atoms with E-state index in [1.807, 2.05) is 79.7 Å². The van der Waals surface area contributed by atoms with E-state index in [-0.39, 0.29) is 23.8 Å². The largest absolute Gasteiger partial charge is 0.489 e. The lowest BCUT2D eigenvalue weighted by Crippen LogP contribution is -2.39. The van der Waals surface area contributed by atoms with Crippen LogP contribution in [0.25, 0.3) is 0 Å². The quantitative estimate of drug-likeness (QED) is 0.298. The number of hydrogen-bond donors (Lipinski definition) is 0. The third-order valence-corrected chi connectivity index (χ3v) is 8.49. The lowest BCUT2D eigenvalue weighted by atomic mass is 9.69. The zero-order valence-electron chi connectivity index (χ0n) is 22.9. The van der Waals surface area contributed by atoms with Crippen molar-refractivity contribution in [3.05, 3.63) is 113 Å². The van der Waals surface area contributed by atoms with E-state index < -0.39 is 11.8 Å². The van der Waals surface area contributed by atoms with Crippen LogP contribution in [-0.4, -0.2) is 23.6 Å². The normalized spacial score (nSPS) is 23.0. The SMILES string of the molecule is CC1=NC2=C(C(=O)C[C@H](c3ccccc3)C2)[C@@H](c2ccc(OCc3ccccc3)cc2)C1C(=O)OC1CCCC1. The van der Waals surface area contributed by atoms with Gasteiger partial charge in [-0.05, 0) is 73.8 Å². The van der Waals surface area contributed by atoms with Crippen LogP contribution < -0.4 is 4.74 Å². The first kappa shape index (κ1) is 26.2. The molecule has 3 aromatic rings. The second-order valence-corrected chi connectivity index (χ2v) is 11.2. The van der Waals surface area contributed by atoms with Gasteiger partial charge in [-0.3, -0.25) is 14.6 Å². The molecular formula is C35H35NO4. The van der Waals surface area contributed by atoms with Gasteiger partial charge in [-0.2, -0.15) is 0 Å². The molecule has 5 heteroatoms. The molecule has 5 nitrogen and oxygen atoms in total. The number of nitrogens with zero attached hydrogens (tertiary/aromatic N) is 1. The van der Waals surface area contributed by atoms with Crippen LogP contribution in [0.2, 0.25) is 0 Å². The second kappa shape index (κ2) is 11.6. The van der Waals surface area contributed by atoms with E-state index >= 15 is 0 Å². The van der Waals surface area contributed by atoms with Gasteiger partial charge in [-0.15, -0.1) is 0 Å². The first-order valence-corrected chi connectivity index (χ1v) is 14.4. The highest BCUT2D eigenvalue weighted by Crippen LogP contribution is 2.47. The van der Waals surface area contributed by atoms with Gasteiger partial charge in [0, 0.05) is 29.3 Å². The number of ether oxygens (including phenoxy) is 2. The first-order valence-electron chi connectivity index (χ1n) is 14.4. The number of benzene rings is 3. The molecule has 6 rings (SSSR count). The Morgan fingerprint density at radius 1 is 0.850 bits per heavy atom. The molecule has 40 heavy (non-hydrogen) atoms. The Balaban J connectivity index is 1.31. The maximum atomic E-state index is 13.8. The number of carbonyl (C=O) groups excluding carboxylic acids is 2. The van der Waals surface area contributed by atoms with Crippen molar-refractivity contribution in [1.29, 1.82) is 0 Å². The summed E-state index contributed by atoms with van der Waals surface area (Å²) in [7, 11) is 0. The standard InChI is InChI=1S/C35H35NO4/c1-23-32(35(38)40-29-14-8-9-15-29)33(26-16-18-28(19-17-26)39-22-24-10-4-2-5-11-24)34-30(36-23)20-27(21-31(34)37)25-12-6-3-7-13-25/h2-7,10-13,16-19,27,29,32-33H,8-9,14-15,20-22H2,1H3/t27-,32?,33+/m1/s1. The number of esters is 1. The summed E-state index contributed by atoms with van der Waals surface area (Å²) in [5, 5.41) is 0. The number of Topliss-reactive ketones (excluding diaryl/α,β-unsaturated/α-hetero) is 1. The maximum absolute atomic E-state index is 13.8. The van der Waals surface area contributed by atoms with Crippen LogP contribution in [0.1, 0.15) is 74.0 Å². The predicted octanol–water partition coefficient (Wildman–Crippen LogP) is 7.33. The minimum atomic E-state index is -0.618. The highest BCUT2D eigenvalue weighted by atomic mass is 16.5. The summed E-state index contributed by atoms with van der Waals surface area (Å²) in [6, 6.07) is 28.0. The molecule has 3 aliphatic rings. The minimum absolute atomic E-state index is 0.0467. The molecule has 204 valence electrons. The van der Waals surface area contributed by atoms with E-state index in [1.165, 1.54) is 0 Å². The molecule has 1 unspecified atom stereocenters. The molecule has 1 saturated carbocycles. The molecule has 0 bridgehead atoms. The summed E-state index contributed by atoms with van der Waals surface area (Å²) in [6.07, 6.45) is 5.01. The Morgan fingerprint density at radius 2 is 1.52 bits per heavy atom. The smallest absolute Gasteiger partial charge is 0.315 e. The van der Waals surface area contributed by atoms with E-state index in [9.17, 15) is 9.59 Å². The van der Waals surface area contributed by atoms with Crippen LogP contribution in [0.3, 0.4) is 0 Å². The van der Waals surface area contributed by atoms with Crippen molar-refractivity contribution in [2.75, 3.05) is 0 Å². The van der Waals surface area contributed by atoms with Crippen LogP contribution >= 0.6 is 0 Å². The van der Waals surface area contributed by atoms with Gasteiger partial charge in [0.25, 0.3) is 0 Å². The molecule has 0 spiro atoms. The van der Waals surface area contributed by atoms with E-state index in [4.69, 9.17) is 14.5 Å². The zero-order chi connectivity index (χ0) is 27.5. The van der Waals surface area contributed by atoms with E-state index in [0.717, 1.165) is 59.5 Å². The molecule has 0 N–H and O–H groups in total. The Hall–Kier alpha value is -3.99. The molecular weight excluding hydrogens is 498 g/mol. The first-order chi connectivity index (χ1) is 19.6. The Labute approximate surface area is 235 Å². The van der Waals surface area contributed by atoms with E-state index in [2.05, 4.69) is 12.1 Å². The molecule has 2 aliphatic carbocycles. The van der Waals surface area contributed by atoms with Gasteiger partial charge in [-0.25, -0.2) is 0 Å². The van der Waals surface area contributed by atoms with Crippen LogP contribution in [0.5, 0.6) is 5.75 Å². The molecule has 0 saturated heterocycles. The van der Waals surface area contributed by atoms with Crippen LogP contribution in [0.4, 0.5) is 0 Å². The summed E-state index contributed by atoms with van der Waals surface area (Å²) in [4.78, 5) is 32.4. The van der Waals surface area contributed by atoms with Gasteiger partial charge < -0.3 is 9.47 Å². The molecule has 0 radical (unpaired) electrons. The molecule has 3 atom stereocenters. The highest BCUT2D eigenvalue weighted by Gasteiger charge is 2.45. The Morgan fingerprint density at radius 3 is 2.23 bits per heavy atom. The average Bonchev–Trinajstić information content (AvgIpc) is 3.49. The Bertz CT molecular complexity index is 1420. The second-order valence-electron chi connectivity index (χ2n) is 11.2. The monoisotopic (exact) mass is 533 g/mol. The maximum Gasteiger partial charge on any atom is 0.315 e. The molecule has 3 aromatic carbocycles. The van der Waals surface area contributed by atoms with Gasteiger partial charge in [0.1, 0.15) is 24.4 Å². The lowest BCUT2D eigenvalue weighted by molar-refractivity contribution is -0.151. The average molecular weight is 534 g/mol. The number of allylic oxidation sites excluding steroid dienone is 2. The highest BCUT2D eigenvalue weighted by molar-refractivity contribution is 6.09. The summed E-state index contributed by atoms with van der Waals surface area (Å²) in [5.41, 5.74) is 5.35. The Kier molecular flexibility index (Phi) is 7.63.